The van der Waals surface area contributed by atoms with Gasteiger partial charge in [0.2, 0.25) is 0 Å². The fourth-order valence-electron chi connectivity index (χ4n) is 1.22. The van der Waals surface area contributed by atoms with Crippen molar-refractivity contribution in [1.29, 1.82) is 0 Å². The van der Waals surface area contributed by atoms with Gasteiger partial charge in [-0.25, -0.2) is 0 Å². The van der Waals surface area contributed by atoms with E-state index in [4.69, 9.17) is 4.74 Å². The van der Waals surface area contributed by atoms with E-state index in [2.05, 4.69) is 17.5 Å². The van der Waals surface area contributed by atoms with E-state index in [1.807, 2.05) is 31.3 Å². The van der Waals surface area contributed by atoms with Crippen LogP contribution in [-0.2, 0) is 0 Å². The molecule has 2 nitrogen and oxygen atoms in total. The maximum absolute atomic E-state index is 5.25. The van der Waals surface area contributed by atoms with Crippen LogP contribution in [-0.4, -0.2) is 26.5 Å². The van der Waals surface area contributed by atoms with Crippen LogP contribution in [0.5, 0.6) is 5.75 Å². The van der Waals surface area contributed by atoms with Crippen LogP contribution in [0.1, 0.15) is 0 Å². The molecule has 1 aromatic rings. The lowest BCUT2D eigenvalue weighted by Crippen LogP contribution is -2.20. The molecule has 0 amide bonds. The number of hydrogen-bond acceptors (Lipinski definition) is 3. The summed E-state index contributed by atoms with van der Waals surface area (Å²) >= 11 is 4.19. The highest BCUT2D eigenvalue weighted by molar-refractivity contribution is 7.80. The smallest absolute Gasteiger partial charge is 0.142 e. The monoisotopic (exact) mass is 197 g/mol. The first-order valence-corrected chi connectivity index (χ1v) is 4.88. The quantitative estimate of drug-likeness (QED) is 0.742. The van der Waals surface area contributed by atoms with E-state index in [1.165, 1.54) is 0 Å². The lowest BCUT2D eigenvalue weighted by Gasteiger charge is -2.20. The number of methoxy groups -OCH3 is 1. The maximum Gasteiger partial charge on any atom is 0.142 e. The van der Waals surface area contributed by atoms with Gasteiger partial charge in [-0.1, -0.05) is 12.1 Å². The van der Waals surface area contributed by atoms with Crippen molar-refractivity contribution in [3.05, 3.63) is 24.3 Å². The third-order valence-corrected chi connectivity index (χ3v) is 2.13. The molecule has 0 saturated carbocycles. The van der Waals surface area contributed by atoms with Crippen molar-refractivity contribution in [1.82, 2.24) is 0 Å². The first kappa shape index (κ1) is 10.3. The topological polar surface area (TPSA) is 12.5 Å². The number of nitrogens with zero attached hydrogens (tertiary/aromatic N) is 1. The highest BCUT2D eigenvalue weighted by Gasteiger charge is 2.04. The molecule has 0 N–H and O–H groups in total. The van der Waals surface area contributed by atoms with Gasteiger partial charge in [0.1, 0.15) is 5.75 Å². The van der Waals surface area contributed by atoms with Crippen LogP contribution < -0.4 is 9.64 Å². The summed E-state index contributed by atoms with van der Waals surface area (Å²) in [5, 5.41) is 0. The number of para-hydroxylation sites is 2. The lowest BCUT2D eigenvalue weighted by molar-refractivity contribution is 0.415. The molecule has 0 spiro atoms. The Hall–Kier alpha value is -0.830. The zero-order chi connectivity index (χ0) is 9.68. The second-order valence-corrected chi connectivity index (χ2v) is 3.26. The summed E-state index contributed by atoms with van der Waals surface area (Å²) in [6, 6.07) is 7.98. The molecule has 0 aliphatic heterocycles. The fourth-order valence-corrected chi connectivity index (χ4v) is 1.52. The molecule has 13 heavy (non-hydrogen) atoms. The Labute approximate surface area is 84.9 Å². The zero-order valence-corrected chi connectivity index (χ0v) is 8.92. The van der Waals surface area contributed by atoms with Crippen molar-refractivity contribution >= 4 is 18.3 Å². The van der Waals surface area contributed by atoms with Crippen LogP contribution in [0.25, 0.3) is 0 Å². The van der Waals surface area contributed by atoms with Gasteiger partial charge in [0.15, 0.2) is 0 Å². The van der Waals surface area contributed by atoms with E-state index < -0.39 is 0 Å². The summed E-state index contributed by atoms with van der Waals surface area (Å²) in [5.41, 5.74) is 1.11. The molecule has 0 bridgehead atoms. The molecule has 0 fully saturated rings. The maximum atomic E-state index is 5.25. The molecule has 0 saturated heterocycles. The van der Waals surface area contributed by atoms with Crippen LogP contribution in [0.4, 0.5) is 5.69 Å². The molecule has 1 rings (SSSR count). The average molecular weight is 197 g/mol. The van der Waals surface area contributed by atoms with E-state index in [0.29, 0.717) is 0 Å². The third kappa shape index (κ3) is 2.56. The van der Waals surface area contributed by atoms with Gasteiger partial charge in [-0.2, -0.15) is 12.6 Å². The van der Waals surface area contributed by atoms with Crippen LogP contribution >= 0.6 is 12.6 Å². The Bertz CT molecular complexity index is 265. The van der Waals surface area contributed by atoms with Gasteiger partial charge >= 0.3 is 0 Å². The van der Waals surface area contributed by atoms with Crippen molar-refractivity contribution < 1.29 is 4.74 Å². The van der Waals surface area contributed by atoms with Gasteiger partial charge in [-0.05, 0) is 12.1 Å². The van der Waals surface area contributed by atoms with Crippen molar-refractivity contribution in [2.45, 2.75) is 0 Å². The van der Waals surface area contributed by atoms with Gasteiger partial charge in [-0.15, -0.1) is 0 Å². The van der Waals surface area contributed by atoms with Crippen molar-refractivity contribution in [3.63, 3.8) is 0 Å². The Balaban J connectivity index is 2.85. The molecule has 0 unspecified atom stereocenters. The Kier molecular flexibility index (Phi) is 3.96. The van der Waals surface area contributed by atoms with Crippen molar-refractivity contribution in [2.24, 2.45) is 0 Å². The van der Waals surface area contributed by atoms with Gasteiger partial charge in [0, 0.05) is 19.3 Å². The first-order valence-electron chi connectivity index (χ1n) is 4.24. The van der Waals surface area contributed by atoms with E-state index in [-0.39, 0.29) is 0 Å². The van der Waals surface area contributed by atoms with Crippen LogP contribution in [0.3, 0.4) is 0 Å². The molecule has 1 aromatic carbocycles. The van der Waals surface area contributed by atoms with Crippen LogP contribution in [0.2, 0.25) is 0 Å². The molecule has 0 aliphatic rings. The molecule has 72 valence electrons. The number of anilines is 1. The molecule has 0 aliphatic carbocycles. The number of benzene rings is 1. The average Bonchev–Trinajstić information content (AvgIpc) is 2.18. The SMILES string of the molecule is COc1ccccc1N(C)CCS. The highest BCUT2D eigenvalue weighted by Crippen LogP contribution is 2.26. The third-order valence-electron chi connectivity index (χ3n) is 1.93. The van der Waals surface area contributed by atoms with E-state index in [1.54, 1.807) is 7.11 Å². The Morgan fingerprint density at radius 2 is 2.08 bits per heavy atom. The van der Waals surface area contributed by atoms with E-state index in [9.17, 15) is 0 Å². The number of hydrogen-bond donors (Lipinski definition) is 1. The van der Waals surface area contributed by atoms with E-state index in [0.717, 1.165) is 23.7 Å². The molecule has 0 radical (unpaired) electrons. The van der Waals surface area contributed by atoms with Gasteiger partial charge in [-0.3, -0.25) is 0 Å². The number of thiol groups is 1. The van der Waals surface area contributed by atoms with Crippen molar-refractivity contribution in [3.8, 4) is 5.75 Å². The lowest BCUT2D eigenvalue weighted by atomic mass is 10.2. The van der Waals surface area contributed by atoms with Gasteiger partial charge < -0.3 is 9.64 Å². The molecular weight excluding hydrogens is 182 g/mol. The largest absolute Gasteiger partial charge is 0.495 e. The summed E-state index contributed by atoms with van der Waals surface area (Å²) in [5.74, 6) is 1.75. The number of rotatable bonds is 4. The molecule has 3 heteroatoms. The molecule has 0 heterocycles. The minimum absolute atomic E-state index is 0.842. The summed E-state index contributed by atoms with van der Waals surface area (Å²) < 4.78 is 5.25. The summed E-state index contributed by atoms with van der Waals surface area (Å²) in [4.78, 5) is 2.13. The van der Waals surface area contributed by atoms with Crippen LogP contribution in [0.15, 0.2) is 24.3 Å². The standard InChI is InChI=1S/C10H15NOS/c1-11(7-8-13)9-5-3-4-6-10(9)12-2/h3-6,13H,7-8H2,1-2H3. The second kappa shape index (κ2) is 5.02. The zero-order valence-electron chi connectivity index (χ0n) is 8.03. The van der Waals surface area contributed by atoms with Gasteiger partial charge in [0.25, 0.3) is 0 Å². The summed E-state index contributed by atoms with van der Waals surface area (Å²) in [7, 11) is 3.72. The van der Waals surface area contributed by atoms with Crippen molar-refractivity contribution in [2.75, 3.05) is 31.4 Å². The first-order chi connectivity index (χ1) is 6.29. The molecule has 0 aromatic heterocycles. The Morgan fingerprint density at radius 3 is 2.69 bits per heavy atom. The second-order valence-electron chi connectivity index (χ2n) is 2.82. The minimum Gasteiger partial charge on any atom is -0.495 e. The fraction of sp³-hybridized carbons (Fsp3) is 0.400. The highest BCUT2D eigenvalue weighted by atomic mass is 32.1. The predicted molar refractivity (Wildman–Crippen MR) is 60.1 cm³/mol. The molecule has 0 atom stereocenters. The summed E-state index contributed by atoms with van der Waals surface area (Å²) in [6.45, 7) is 0.920. The predicted octanol–water partition coefficient (Wildman–Crippen LogP) is 2.06. The summed E-state index contributed by atoms with van der Waals surface area (Å²) in [6.07, 6.45) is 0. The van der Waals surface area contributed by atoms with E-state index >= 15 is 0 Å². The van der Waals surface area contributed by atoms with Crippen LogP contribution in [0, 0.1) is 0 Å². The Morgan fingerprint density at radius 1 is 1.38 bits per heavy atom. The van der Waals surface area contributed by atoms with Gasteiger partial charge in [0.05, 0.1) is 12.8 Å². The molecular formula is C10H15NOS. The number of ether oxygens (including phenoxy) is 1. The minimum atomic E-state index is 0.842. The normalized spacial score (nSPS) is 9.77.